The van der Waals surface area contributed by atoms with Crippen LogP contribution in [0.5, 0.6) is 0 Å². The van der Waals surface area contributed by atoms with E-state index in [2.05, 4.69) is 37.6 Å². The van der Waals surface area contributed by atoms with E-state index in [1.165, 1.54) is 64.6 Å². The average molecular weight is 296 g/mol. The molecule has 0 aromatic carbocycles. The lowest BCUT2D eigenvalue weighted by molar-refractivity contribution is 0.0746. The van der Waals surface area contributed by atoms with Crippen LogP contribution in [0.1, 0.15) is 65.7 Å². The maximum absolute atomic E-state index is 6.28. The molecule has 0 aromatic heterocycles. The van der Waals surface area contributed by atoms with E-state index in [0.29, 0.717) is 5.41 Å². The normalized spacial score (nSPS) is 34.3. The van der Waals surface area contributed by atoms with Crippen molar-refractivity contribution in [2.45, 2.75) is 77.3 Å². The topological polar surface area (TPSA) is 32.5 Å². The van der Waals surface area contributed by atoms with Gasteiger partial charge in [0, 0.05) is 24.7 Å². The third kappa shape index (κ3) is 4.00. The summed E-state index contributed by atoms with van der Waals surface area (Å²) in [4.78, 5) is 5.29. The van der Waals surface area contributed by atoms with Crippen LogP contribution in [-0.2, 0) is 0 Å². The molecule has 2 unspecified atom stereocenters. The molecule has 0 spiro atoms. The van der Waals surface area contributed by atoms with Crippen molar-refractivity contribution in [3.8, 4) is 0 Å². The van der Waals surface area contributed by atoms with Crippen LogP contribution in [0.2, 0.25) is 0 Å². The molecule has 2 atom stereocenters. The highest BCUT2D eigenvalue weighted by atomic mass is 15.3. The largest absolute Gasteiger partial charge is 0.329 e. The van der Waals surface area contributed by atoms with Crippen molar-refractivity contribution in [2.24, 2.45) is 11.1 Å². The van der Waals surface area contributed by atoms with Crippen molar-refractivity contribution in [3.63, 3.8) is 0 Å². The second-order valence-corrected chi connectivity index (χ2v) is 8.25. The molecule has 2 fully saturated rings. The van der Waals surface area contributed by atoms with Gasteiger partial charge in [0.05, 0.1) is 0 Å². The van der Waals surface area contributed by atoms with Gasteiger partial charge in [0.1, 0.15) is 0 Å². The third-order valence-electron chi connectivity index (χ3n) is 6.34. The fourth-order valence-corrected chi connectivity index (χ4v) is 4.49. The Bertz CT molecular complexity index is 328. The van der Waals surface area contributed by atoms with Gasteiger partial charge in [0.25, 0.3) is 0 Å². The van der Waals surface area contributed by atoms with Crippen LogP contribution in [0.15, 0.2) is 0 Å². The number of hydrogen-bond acceptors (Lipinski definition) is 3. The molecule has 124 valence electrons. The Morgan fingerprint density at radius 3 is 2.57 bits per heavy atom. The number of nitrogens with zero attached hydrogens (tertiary/aromatic N) is 2. The fraction of sp³-hybridized carbons (Fsp3) is 1.00. The maximum atomic E-state index is 6.28. The lowest BCUT2D eigenvalue weighted by Crippen LogP contribution is -2.55. The Balaban J connectivity index is 2.01. The Morgan fingerprint density at radius 2 is 1.90 bits per heavy atom. The first-order valence-electron chi connectivity index (χ1n) is 9.08. The van der Waals surface area contributed by atoms with Crippen LogP contribution in [0.4, 0.5) is 0 Å². The van der Waals surface area contributed by atoms with Gasteiger partial charge in [-0.15, -0.1) is 0 Å². The molecule has 1 aliphatic carbocycles. The molecule has 1 aliphatic heterocycles. The summed E-state index contributed by atoms with van der Waals surface area (Å²) in [5.74, 6) is 0. The van der Waals surface area contributed by atoms with Crippen LogP contribution in [-0.4, -0.2) is 54.6 Å². The van der Waals surface area contributed by atoms with Crippen molar-refractivity contribution >= 4 is 0 Å². The van der Waals surface area contributed by atoms with Gasteiger partial charge in [-0.25, -0.2) is 0 Å². The molecule has 21 heavy (non-hydrogen) atoms. The Labute approximate surface area is 132 Å². The van der Waals surface area contributed by atoms with Crippen LogP contribution in [0, 0.1) is 5.41 Å². The molecule has 0 aromatic rings. The first kappa shape index (κ1) is 17.2. The Morgan fingerprint density at radius 1 is 1.14 bits per heavy atom. The quantitative estimate of drug-likeness (QED) is 0.791. The van der Waals surface area contributed by atoms with Crippen molar-refractivity contribution in [3.05, 3.63) is 0 Å². The third-order valence-corrected chi connectivity index (χ3v) is 6.34. The van der Waals surface area contributed by atoms with E-state index in [1.807, 2.05) is 0 Å². The standard InChI is InChI=1S/C18H37N3/c1-5-21-13-6-8-16(21)14-20(4)18(15-19)10-7-9-17(2,3)11-12-18/h16H,5-15,19H2,1-4H3. The lowest BCUT2D eigenvalue weighted by atomic mass is 9.83. The van der Waals surface area contributed by atoms with Gasteiger partial charge in [-0.1, -0.05) is 27.2 Å². The van der Waals surface area contributed by atoms with E-state index >= 15 is 0 Å². The monoisotopic (exact) mass is 295 g/mol. The van der Waals surface area contributed by atoms with Gasteiger partial charge >= 0.3 is 0 Å². The number of likely N-dealkylation sites (N-methyl/N-ethyl adjacent to an activating group) is 2. The van der Waals surface area contributed by atoms with Gasteiger partial charge in [0.2, 0.25) is 0 Å². The van der Waals surface area contributed by atoms with Gasteiger partial charge in [-0.3, -0.25) is 9.80 Å². The van der Waals surface area contributed by atoms with E-state index in [1.54, 1.807) is 0 Å². The van der Waals surface area contributed by atoms with Crippen molar-refractivity contribution in [2.75, 3.05) is 33.2 Å². The minimum absolute atomic E-state index is 0.246. The summed E-state index contributed by atoms with van der Waals surface area (Å²) in [5.41, 5.74) is 7.03. The predicted molar refractivity (Wildman–Crippen MR) is 91.6 cm³/mol. The molecule has 2 aliphatic rings. The van der Waals surface area contributed by atoms with Gasteiger partial charge in [-0.05, 0) is 64.1 Å². The summed E-state index contributed by atoms with van der Waals surface area (Å²) in [7, 11) is 2.33. The molecule has 1 saturated carbocycles. The van der Waals surface area contributed by atoms with Crippen LogP contribution >= 0.6 is 0 Å². The summed E-state index contributed by atoms with van der Waals surface area (Å²) in [6, 6.07) is 0.750. The first-order valence-corrected chi connectivity index (χ1v) is 9.08. The first-order chi connectivity index (χ1) is 9.92. The number of hydrogen-bond donors (Lipinski definition) is 1. The fourth-order valence-electron chi connectivity index (χ4n) is 4.49. The van der Waals surface area contributed by atoms with E-state index in [-0.39, 0.29) is 5.54 Å². The van der Waals surface area contributed by atoms with E-state index in [9.17, 15) is 0 Å². The number of rotatable bonds is 5. The average Bonchev–Trinajstić information content (AvgIpc) is 2.82. The minimum Gasteiger partial charge on any atom is -0.329 e. The van der Waals surface area contributed by atoms with Crippen molar-refractivity contribution in [1.29, 1.82) is 0 Å². The summed E-state index contributed by atoms with van der Waals surface area (Å²) < 4.78 is 0. The molecule has 1 heterocycles. The Kier molecular flexibility index (Phi) is 5.72. The lowest BCUT2D eigenvalue weighted by Gasteiger charge is -2.43. The maximum Gasteiger partial charge on any atom is 0.0329 e. The van der Waals surface area contributed by atoms with E-state index in [4.69, 9.17) is 5.73 Å². The summed E-state index contributed by atoms with van der Waals surface area (Å²) in [5, 5.41) is 0. The van der Waals surface area contributed by atoms with Crippen molar-refractivity contribution < 1.29 is 0 Å². The molecular weight excluding hydrogens is 258 g/mol. The molecule has 1 saturated heterocycles. The van der Waals surface area contributed by atoms with Crippen LogP contribution < -0.4 is 5.73 Å². The number of nitrogens with two attached hydrogens (primary N) is 1. The second kappa shape index (κ2) is 6.97. The van der Waals surface area contributed by atoms with E-state index in [0.717, 1.165) is 12.6 Å². The molecule has 2 rings (SSSR count). The smallest absolute Gasteiger partial charge is 0.0329 e. The number of likely N-dealkylation sites (tertiary alicyclic amines) is 1. The van der Waals surface area contributed by atoms with Crippen molar-refractivity contribution in [1.82, 2.24) is 9.80 Å². The molecule has 0 radical (unpaired) electrons. The molecule has 3 heteroatoms. The molecule has 3 nitrogen and oxygen atoms in total. The summed E-state index contributed by atoms with van der Waals surface area (Å²) in [6.07, 6.45) is 9.29. The highest BCUT2D eigenvalue weighted by Crippen LogP contribution is 2.40. The van der Waals surface area contributed by atoms with Gasteiger partial charge in [0.15, 0.2) is 0 Å². The SMILES string of the molecule is CCN1CCCC1CN(C)C1(CN)CCCC(C)(C)CC1. The van der Waals surface area contributed by atoms with E-state index < -0.39 is 0 Å². The Hall–Kier alpha value is -0.120. The minimum atomic E-state index is 0.246. The zero-order valence-corrected chi connectivity index (χ0v) is 14.8. The van der Waals surface area contributed by atoms with Gasteiger partial charge in [-0.2, -0.15) is 0 Å². The molecule has 0 bridgehead atoms. The summed E-state index contributed by atoms with van der Waals surface area (Å²) >= 11 is 0. The zero-order valence-electron chi connectivity index (χ0n) is 14.8. The zero-order chi connectivity index (χ0) is 15.5. The second-order valence-electron chi connectivity index (χ2n) is 8.25. The highest BCUT2D eigenvalue weighted by molar-refractivity contribution is 4.96. The van der Waals surface area contributed by atoms with Crippen LogP contribution in [0.3, 0.4) is 0 Å². The summed E-state index contributed by atoms with van der Waals surface area (Å²) in [6.45, 7) is 11.7. The van der Waals surface area contributed by atoms with Crippen LogP contribution in [0.25, 0.3) is 0 Å². The molecule has 2 N–H and O–H groups in total. The highest BCUT2D eigenvalue weighted by Gasteiger charge is 2.39. The molecular formula is C18H37N3. The predicted octanol–water partition coefficient (Wildman–Crippen LogP) is 3.09. The molecule has 0 amide bonds. The van der Waals surface area contributed by atoms with Gasteiger partial charge < -0.3 is 5.73 Å².